The highest BCUT2D eigenvalue weighted by Gasteiger charge is 2.08. The molecule has 0 aliphatic rings. The zero-order chi connectivity index (χ0) is 18.1. The third kappa shape index (κ3) is 6.04. The van der Waals surface area contributed by atoms with Crippen LogP contribution in [0.15, 0.2) is 41.8 Å². The molecule has 0 atom stereocenters. The number of esters is 1. The highest BCUT2D eigenvalue weighted by molar-refractivity contribution is 7.12. The van der Waals surface area contributed by atoms with Gasteiger partial charge in [-0.3, -0.25) is 14.4 Å². The molecule has 132 valence electrons. The normalized spacial score (nSPS) is 10.1. The van der Waals surface area contributed by atoms with Crippen molar-refractivity contribution >= 4 is 29.1 Å². The van der Waals surface area contributed by atoms with Gasteiger partial charge in [0.15, 0.2) is 0 Å². The Balaban J connectivity index is 1.77. The van der Waals surface area contributed by atoms with E-state index in [-0.39, 0.29) is 30.7 Å². The summed E-state index contributed by atoms with van der Waals surface area (Å²) in [5, 5.41) is 7.35. The SMILES string of the molecule is CCOC(=O)CCNC(=O)c1ccc(CNC(=O)c2cccs2)cc1. The number of amides is 2. The first-order chi connectivity index (χ1) is 12.1. The Hall–Kier alpha value is -2.67. The van der Waals surface area contributed by atoms with E-state index in [4.69, 9.17) is 4.74 Å². The van der Waals surface area contributed by atoms with Crippen molar-refractivity contribution in [3.05, 3.63) is 57.8 Å². The third-order valence-electron chi connectivity index (χ3n) is 3.33. The van der Waals surface area contributed by atoms with Gasteiger partial charge < -0.3 is 15.4 Å². The molecular weight excluding hydrogens is 340 g/mol. The van der Waals surface area contributed by atoms with Gasteiger partial charge in [-0.05, 0) is 36.1 Å². The molecule has 7 heteroatoms. The number of carbonyl (C=O) groups excluding carboxylic acids is 3. The fraction of sp³-hybridized carbons (Fsp3) is 0.278. The Morgan fingerprint density at radius 2 is 1.80 bits per heavy atom. The van der Waals surface area contributed by atoms with Crippen molar-refractivity contribution in [3.63, 3.8) is 0 Å². The van der Waals surface area contributed by atoms with Crippen molar-refractivity contribution < 1.29 is 19.1 Å². The first-order valence-corrected chi connectivity index (χ1v) is 8.82. The zero-order valence-electron chi connectivity index (χ0n) is 13.9. The first-order valence-electron chi connectivity index (χ1n) is 7.94. The molecular formula is C18H20N2O4S. The van der Waals surface area contributed by atoms with E-state index >= 15 is 0 Å². The molecule has 6 nitrogen and oxygen atoms in total. The molecule has 2 N–H and O–H groups in total. The van der Waals surface area contributed by atoms with E-state index in [1.165, 1.54) is 11.3 Å². The highest BCUT2D eigenvalue weighted by Crippen LogP contribution is 2.09. The van der Waals surface area contributed by atoms with Gasteiger partial charge in [-0.2, -0.15) is 0 Å². The molecule has 0 saturated carbocycles. The van der Waals surface area contributed by atoms with Gasteiger partial charge in [0, 0.05) is 18.7 Å². The minimum absolute atomic E-state index is 0.115. The van der Waals surface area contributed by atoms with E-state index < -0.39 is 0 Å². The molecule has 2 rings (SSSR count). The smallest absolute Gasteiger partial charge is 0.307 e. The lowest BCUT2D eigenvalue weighted by Crippen LogP contribution is -2.26. The summed E-state index contributed by atoms with van der Waals surface area (Å²) < 4.78 is 4.79. The standard InChI is InChI=1S/C18H20N2O4S/c1-2-24-16(21)9-10-19-17(22)14-7-5-13(6-8-14)12-20-18(23)15-4-3-11-25-15/h3-8,11H,2,9-10,12H2,1H3,(H,19,22)(H,20,23). The summed E-state index contributed by atoms with van der Waals surface area (Å²) in [6.07, 6.45) is 0.145. The van der Waals surface area contributed by atoms with E-state index in [2.05, 4.69) is 10.6 Å². The highest BCUT2D eigenvalue weighted by atomic mass is 32.1. The van der Waals surface area contributed by atoms with Crippen LogP contribution in [-0.4, -0.2) is 30.9 Å². The predicted molar refractivity (Wildman–Crippen MR) is 95.5 cm³/mol. The number of hydrogen-bond donors (Lipinski definition) is 2. The van der Waals surface area contributed by atoms with Gasteiger partial charge in [0.05, 0.1) is 17.9 Å². The molecule has 0 bridgehead atoms. The molecule has 0 fully saturated rings. The van der Waals surface area contributed by atoms with Crippen LogP contribution in [0.1, 0.15) is 38.9 Å². The maximum absolute atomic E-state index is 12.0. The number of ether oxygens (including phenoxy) is 1. The molecule has 0 radical (unpaired) electrons. The number of rotatable bonds is 8. The van der Waals surface area contributed by atoms with Crippen molar-refractivity contribution in [3.8, 4) is 0 Å². The second kappa shape index (κ2) is 9.58. The van der Waals surface area contributed by atoms with Crippen LogP contribution in [0, 0.1) is 0 Å². The lowest BCUT2D eigenvalue weighted by atomic mass is 10.1. The Kier molecular flexibility index (Phi) is 7.16. The average Bonchev–Trinajstić information content (AvgIpc) is 3.15. The summed E-state index contributed by atoms with van der Waals surface area (Å²) >= 11 is 1.39. The van der Waals surface area contributed by atoms with Gasteiger partial charge in [0.1, 0.15) is 0 Å². The first kappa shape index (κ1) is 18.7. The Morgan fingerprint density at radius 1 is 1.04 bits per heavy atom. The molecule has 1 aromatic carbocycles. The lowest BCUT2D eigenvalue weighted by molar-refractivity contribution is -0.142. The summed E-state index contributed by atoms with van der Waals surface area (Å²) in [6.45, 7) is 2.69. The molecule has 0 saturated heterocycles. The van der Waals surface area contributed by atoms with Crippen LogP contribution in [0.4, 0.5) is 0 Å². The fourth-order valence-electron chi connectivity index (χ4n) is 2.06. The summed E-state index contributed by atoms with van der Waals surface area (Å²) in [5.74, 6) is -0.700. The monoisotopic (exact) mass is 360 g/mol. The van der Waals surface area contributed by atoms with Gasteiger partial charge in [-0.15, -0.1) is 11.3 Å². The van der Waals surface area contributed by atoms with Crippen LogP contribution >= 0.6 is 11.3 Å². The largest absolute Gasteiger partial charge is 0.466 e. The number of benzene rings is 1. The van der Waals surface area contributed by atoms with E-state index in [1.807, 2.05) is 11.4 Å². The minimum atomic E-state index is -0.334. The van der Waals surface area contributed by atoms with Crippen molar-refractivity contribution in [1.29, 1.82) is 0 Å². The molecule has 1 heterocycles. The molecule has 2 aromatic rings. The van der Waals surface area contributed by atoms with E-state index in [0.29, 0.717) is 23.6 Å². The fourth-order valence-corrected chi connectivity index (χ4v) is 2.70. The molecule has 25 heavy (non-hydrogen) atoms. The van der Waals surface area contributed by atoms with Crippen LogP contribution in [-0.2, 0) is 16.1 Å². The van der Waals surface area contributed by atoms with Gasteiger partial charge in [-0.1, -0.05) is 18.2 Å². The van der Waals surface area contributed by atoms with E-state index in [9.17, 15) is 14.4 Å². The maximum atomic E-state index is 12.0. The molecule has 0 aliphatic carbocycles. The second-order valence-electron chi connectivity index (χ2n) is 5.17. The number of hydrogen-bond acceptors (Lipinski definition) is 5. The van der Waals surface area contributed by atoms with Gasteiger partial charge in [0.25, 0.3) is 11.8 Å². The van der Waals surface area contributed by atoms with Crippen molar-refractivity contribution in [2.75, 3.05) is 13.2 Å². The van der Waals surface area contributed by atoms with Crippen LogP contribution in [0.25, 0.3) is 0 Å². The maximum Gasteiger partial charge on any atom is 0.307 e. The van der Waals surface area contributed by atoms with E-state index in [1.54, 1.807) is 37.3 Å². The summed E-state index contributed by atoms with van der Waals surface area (Å²) in [7, 11) is 0. The molecule has 0 aliphatic heterocycles. The Morgan fingerprint density at radius 3 is 2.44 bits per heavy atom. The summed E-state index contributed by atoms with van der Waals surface area (Å²) in [5.41, 5.74) is 1.39. The van der Waals surface area contributed by atoms with Crippen LogP contribution in [0.3, 0.4) is 0 Å². The topological polar surface area (TPSA) is 84.5 Å². The van der Waals surface area contributed by atoms with Crippen LogP contribution < -0.4 is 10.6 Å². The number of carbonyl (C=O) groups is 3. The van der Waals surface area contributed by atoms with E-state index in [0.717, 1.165) is 5.56 Å². The van der Waals surface area contributed by atoms with Gasteiger partial charge in [-0.25, -0.2) is 0 Å². The molecule has 0 unspecified atom stereocenters. The van der Waals surface area contributed by atoms with Crippen molar-refractivity contribution in [1.82, 2.24) is 10.6 Å². The lowest BCUT2D eigenvalue weighted by Gasteiger charge is -2.07. The molecule has 0 spiro atoms. The summed E-state index contributed by atoms with van der Waals surface area (Å²) in [4.78, 5) is 35.7. The Bertz CT molecular complexity index is 711. The summed E-state index contributed by atoms with van der Waals surface area (Å²) in [6, 6.07) is 10.5. The van der Waals surface area contributed by atoms with Crippen molar-refractivity contribution in [2.24, 2.45) is 0 Å². The molecule has 2 amide bonds. The Labute approximate surface area is 150 Å². The third-order valence-corrected chi connectivity index (χ3v) is 4.20. The van der Waals surface area contributed by atoms with Gasteiger partial charge in [0.2, 0.25) is 0 Å². The zero-order valence-corrected chi connectivity index (χ0v) is 14.7. The van der Waals surface area contributed by atoms with Crippen LogP contribution in [0.2, 0.25) is 0 Å². The van der Waals surface area contributed by atoms with Gasteiger partial charge >= 0.3 is 5.97 Å². The molecule has 1 aromatic heterocycles. The predicted octanol–water partition coefficient (Wildman–Crippen LogP) is 2.36. The van der Waals surface area contributed by atoms with Crippen LogP contribution in [0.5, 0.6) is 0 Å². The van der Waals surface area contributed by atoms with Crippen molar-refractivity contribution in [2.45, 2.75) is 19.9 Å². The average molecular weight is 360 g/mol. The number of thiophene rings is 1. The quantitative estimate of drug-likeness (QED) is 0.708. The number of nitrogens with one attached hydrogen (secondary N) is 2. The second-order valence-corrected chi connectivity index (χ2v) is 6.12. The minimum Gasteiger partial charge on any atom is -0.466 e.